The van der Waals surface area contributed by atoms with Crippen LogP contribution in [0.3, 0.4) is 0 Å². The van der Waals surface area contributed by atoms with Crippen molar-refractivity contribution in [2.24, 2.45) is 9.98 Å². The topological polar surface area (TPSA) is 69.0 Å². The number of nitrogens with zero attached hydrogens (tertiary/aromatic N) is 4. The predicted octanol–water partition coefficient (Wildman–Crippen LogP) is 8.26. The standard InChI is InChI=1S/C38H34N4O2/c1-37(2)23-43-35(41-37)28-17-13-26(14-18-28)32-22-33(31-12-8-11-30(21-31)25-9-6-5-7-10-25)40-34(39-32)27-15-19-29(20-16-27)36-42-38(3,4)24-44-36/h5-22H,23-24H2,1-4H3. The molecule has 0 saturated carbocycles. The van der Waals surface area contributed by atoms with Crippen molar-refractivity contribution < 1.29 is 9.47 Å². The summed E-state index contributed by atoms with van der Waals surface area (Å²) in [5, 5.41) is 0. The number of hydrogen-bond donors (Lipinski definition) is 0. The van der Waals surface area contributed by atoms with Gasteiger partial charge in [0.25, 0.3) is 0 Å². The Morgan fingerprint density at radius 3 is 1.48 bits per heavy atom. The lowest BCUT2D eigenvalue weighted by molar-refractivity contribution is 0.279. The summed E-state index contributed by atoms with van der Waals surface area (Å²) in [5.74, 6) is 2.01. The van der Waals surface area contributed by atoms with Gasteiger partial charge >= 0.3 is 0 Å². The third-order valence-corrected chi connectivity index (χ3v) is 7.74. The molecule has 218 valence electrons. The minimum atomic E-state index is -0.211. The molecule has 4 aromatic carbocycles. The van der Waals surface area contributed by atoms with Gasteiger partial charge in [0.05, 0.1) is 22.5 Å². The van der Waals surface area contributed by atoms with E-state index < -0.39 is 0 Å². The fourth-order valence-corrected chi connectivity index (χ4v) is 5.37. The van der Waals surface area contributed by atoms with E-state index in [1.807, 2.05) is 42.5 Å². The van der Waals surface area contributed by atoms with Crippen LogP contribution in [-0.2, 0) is 9.47 Å². The molecule has 1 aromatic heterocycles. The highest BCUT2D eigenvalue weighted by Crippen LogP contribution is 2.31. The van der Waals surface area contributed by atoms with Gasteiger partial charge in [-0.3, -0.25) is 0 Å². The summed E-state index contributed by atoms with van der Waals surface area (Å²) in [6, 6.07) is 37.3. The minimum Gasteiger partial charge on any atom is -0.475 e. The average molecular weight is 579 g/mol. The Kier molecular flexibility index (Phi) is 6.85. The highest BCUT2D eigenvalue weighted by Gasteiger charge is 2.28. The van der Waals surface area contributed by atoms with E-state index in [4.69, 9.17) is 29.4 Å². The number of rotatable bonds is 6. The molecule has 0 amide bonds. The molecule has 0 saturated heterocycles. The Morgan fingerprint density at radius 1 is 0.455 bits per heavy atom. The van der Waals surface area contributed by atoms with E-state index in [1.54, 1.807) is 0 Å². The zero-order valence-electron chi connectivity index (χ0n) is 25.4. The first-order valence-electron chi connectivity index (χ1n) is 14.9. The van der Waals surface area contributed by atoms with Crippen molar-refractivity contribution in [1.82, 2.24) is 9.97 Å². The van der Waals surface area contributed by atoms with Gasteiger partial charge in [-0.2, -0.15) is 0 Å². The summed E-state index contributed by atoms with van der Waals surface area (Å²) < 4.78 is 11.7. The van der Waals surface area contributed by atoms with Gasteiger partial charge in [0, 0.05) is 27.8 Å². The van der Waals surface area contributed by atoms with Crippen LogP contribution in [0, 0.1) is 0 Å². The molecule has 7 rings (SSSR count). The average Bonchev–Trinajstić information content (AvgIpc) is 3.61. The van der Waals surface area contributed by atoms with Gasteiger partial charge in [-0.25, -0.2) is 20.0 Å². The summed E-state index contributed by atoms with van der Waals surface area (Å²) in [7, 11) is 0. The molecule has 5 aromatic rings. The van der Waals surface area contributed by atoms with Gasteiger partial charge in [-0.1, -0.05) is 72.8 Å². The maximum absolute atomic E-state index is 5.87. The van der Waals surface area contributed by atoms with Crippen LogP contribution in [0.2, 0.25) is 0 Å². The van der Waals surface area contributed by atoms with Crippen molar-refractivity contribution in [1.29, 1.82) is 0 Å². The molecule has 0 spiro atoms. The zero-order chi connectivity index (χ0) is 30.3. The number of ether oxygens (including phenoxy) is 2. The lowest BCUT2D eigenvalue weighted by Crippen LogP contribution is -2.17. The molecule has 6 heteroatoms. The van der Waals surface area contributed by atoms with E-state index in [0.717, 1.165) is 50.3 Å². The van der Waals surface area contributed by atoms with Gasteiger partial charge in [-0.15, -0.1) is 0 Å². The van der Waals surface area contributed by atoms with Crippen molar-refractivity contribution in [2.75, 3.05) is 13.2 Å². The van der Waals surface area contributed by atoms with E-state index in [-0.39, 0.29) is 11.1 Å². The van der Waals surface area contributed by atoms with E-state index in [2.05, 4.69) is 94.4 Å². The summed E-state index contributed by atoms with van der Waals surface area (Å²) in [4.78, 5) is 19.6. The summed E-state index contributed by atoms with van der Waals surface area (Å²) in [6.07, 6.45) is 0. The maximum atomic E-state index is 5.87. The molecule has 0 fully saturated rings. The van der Waals surface area contributed by atoms with Crippen LogP contribution in [-0.4, -0.2) is 46.1 Å². The van der Waals surface area contributed by atoms with Crippen LogP contribution in [0.5, 0.6) is 0 Å². The largest absolute Gasteiger partial charge is 0.475 e. The van der Waals surface area contributed by atoms with Crippen molar-refractivity contribution in [2.45, 2.75) is 38.8 Å². The monoisotopic (exact) mass is 578 g/mol. The highest BCUT2D eigenvalue weighted by atomic mass is 16.5. The molecule has 0 unspecified atom stereocenters. The van der Waals surface area contributed by atoms with Gasteiger partial charge in [0.1, 0.15) is 13.2 Å². The SMILES string of the molecule is CC1(C)COC(c2ccc(-c3cc(-c4cccc(-c5ccccc5)c4)nc(-c4ccc(C5=NC(C)(C)CO5)cc4)n3)cc2)=N1. The number of aliphatic imine (C=N–C) groups is 2. The van der Waals surface area contributed by atoms with Gasteiger partial charge in [0.15, 0.2) is 5.82 Å². The van der Waals surface area contributed by atoms with Gasteiger partial charge in [-0.05, 0) is 75.2 Å². The molecular weight excluding hydrogens is 544 g/mol. The van der Waals surface area contributed by atoms with Gasteiger partial charge in [0.2, 0.25) is 11.8 Å². The van der Waals surface area contributed by atoms with Crippen molar-refractivity contribution >= 4 is 11.8 Å². The Bertz CT molecular complexity index is 1790. The lowest BCUT2D eigenvalue weighted by atomic mass is 10.0. The van der Waals surface area contributed by atoms with Crippen LogP contribution in [0.1, 0.15) is 38.8 Å². The number of benzene rings is 4. The fourth-order valence-electron chi connectivity index (χ4n) is 5.37. The Balaban J connectivity index is 1.29. The molecule has 6 nitrogen and oxygen atoms in total. The molecule has 3 heterocycles. The molecule has 0 atom stereocenters. The van der Waals surface area contributed by atoms with Crippen LogP contribution >= 0.6 is 0 Å². The second kappa shape index (κ2) is 10.9. The van der Waals surface area contributed by atoms with Crippen LogP contribution < -0.4 is 0 Å². The van der Waals surface area contributed by atoms with Crippen LogP contribution in [0.4, 0.5) is 0 Å². The van der Waals surface area contributed by atoms with E-state index >= 15 is 0 Å². The van der Waals surface area contributed by atoms with E-state index in [1.165, 1.54) is 0 Å². The first kappa shape index (κ1) is 27.7. The zero-order valence-corrected chi connectivity index (χ0v) is 25.4. The summed E-state index contributed by atoms with van der Waals surface area (Å²) in [5.41, 5.74) is 8.41. The maximum Gasteiger partial charge on any atom is 0.216 e. The smallest absolute Gasteiger partial charge is 0.216 e. The Morgan fingerprint density at radius 2 is 0.932 bits per heavy atom. The van der Waals surface area contributed by atoms with Crippen molar-refractivity contribution in [3.63, 3.8) is 0 Å². The number of aromatic nitrogens is 2. The lowest BCUT2D eigenvalue weighted by Gasteiger charge is -2.11. The number of hydrogen-bond acceptors (Lipinski definition) is 6. The summed E-state index contributed by atoms with van der Waals surface area (Å²) >= 11 is 0. The fraction of sp³-hybridized carbons (Fsp3) is 0.211. The van der Waals surface area contributed by atoms with E-state index in [9.17, 15) is 0 Å². The molecular formula is C38H34N4O2. The third kappa shape index (κ3) is 5.76. The van der Waals surface area contributed by atoms with E-state index in [0.29, 0.717) is 30.8 Å². The van der Waals surface area contributed by atoms with Crippen molar-refractivity contribution in [3.8, 4) is 45.0 Å². The predicted molar refractivity (Wildman–Crippen MR) is 177 cm³/mol. The highest BCUT2D eigenvalue weighted by molar-refractivity contribution is 5.96. The van der Waals surface area contributed by atoms with Crippen LogP contribution in [0.25, 0.3) is 45.0 Å². The molecule has 2 aliphatic rings. The first-order chi connectivity index (χ1) is 21.2. The molecule has 2 aliphatic heterocycles. The second-order valence-corrected chi connectivity index (χ2v) is 12.6. The van der Waals surface area contributed by atoms with Crippen LogP contribution in [0.15, 0.2) is 119 Å². The molecule has 0 aliphatic carbocycles. The minimum absolute atomic E-state index is 0.207. The normalized spacial score (nSPS) is 16.5. The Hall–Kier alpha value is -5.10. The quantitative estimate of drug-likeness (QED) is 0.203. The van der Waals surface area contributed by atoms with Gasteiger partial charge < -0.3 is 9.47 Å². The molecule has 0 N–H and O–H groups in total. The molecule has 0 bridgehead atoms. The molecule has 44 heavy (non-hydrogen) atoms. The summed E-state index contributed by atoms with van der Waals surface area (Å²) in [6.45, 7) is 9.46. The first-order valence-corrected chi connectivity index (χ1v) is 14.9. The second-order valence-electron chi connectivity index (χ2n) is 12.6. The third-order valence-electron chi connectivity index (χ3n) is 7.74. The Labute approximate surface area is 258 Å². The molecule has 0 radical (unpaired) electrons. The van der Waals surface area contributed by atoms with Crippen molar-refractivity contribution in [3.05, 3.63) is 120 Å².